The molecule has 2 aliphatic rings. The third-order valence-electron chi connectivity index (χ3n) is 5.96. The van der Waals surface area contributed by atoms with Crippen molar-refractivity contribution in [3.05, 3.63) is 53.1 Å². The number of aryl methyl sites for hydroxylation is 1. The number of nitrogens with one attached hydrogen (secondary N) is 1. The molecule has 5 heteroatoms. The first-order valence-electron chi connectivity index (χ1n) is 8.30. The van der Waals surface area contributed by atoms with Crippen molar-refractivity contribution in [2.45, 2.75) is 31.6 Å². The van der Waals surface area contributed by atoms with Crippen LogP contribution in [-0.2, 0) is 16.6 Å². The number of rotatable bonds is 1. The summed E-state index contributed by atoms with van der Waals surface area (Å²) >= 11 is 0. The monoisotopic (exact) mass is 323 g/mol. The molecule has 0 saturated heterocycles. The lowest BCUT2D eigenvalue weighted by Crippen LogP contribution is -2.52. The van der Waals surface area contributed by atoms with E-state index in [2.05, 4.69) is 16.3 Å². The van der Waals surface area contributed by atoms with Crippen molar-refractivity contribution in [3.8, 4) is 6.07 Å². The third kappa shape index (κ3) is 1.89. The van der Waals surface area contributed by atoms with Crippen LogP contribution in [0.4, 0.5) is 4.39 Å². The number of halogens is 1. The molecule has 1 saturated carbocycles. The highest BCUT2D eigenvalue weighted by Crippen LogP contribution is 2.55. The Bertz CT molecular complexity index is 835. The first kappa shape index (κ1) is 15.1. The molecule has 0 bridgehead atoms. The molecule has 1 fully saturated rings. The van der Waals surface area contributed by atoms with Gasteiger partial charge in [0.25, 0.3) is 0 Å². The van der Waals surface area contributed by atoms with Crippen LogP contribution in [0.15, 0.2) is 30.5 Å². The maximum absolute atomic E-state index is 13.5. The van der Waals surface area contributed by atoms with E-state index < -0.39 is 11.3 Å². The molecule has 1 N–H and O–H groups in total. The van der Waals surface area contributed by atoms with Gasteiger partial charge in [-0.15, -0.1) is 0 Å². The summed E-state index contributed by atoms with van der Waals surface area (Å²) in [7, 11) is 0. The minimum Gasteiger partial charge on any atom is -0.298 e. The van der Waals surface area contributed by atoms with E-state index >= 15 is 0 Å². The average Bonchev–Trinajstić information content (AvgIpc) is 3.08. The first-order valence-corrected chi connectivity index (χ1v) is 8.30. The Hall–Kier alpha value is -2.48. The predicted molar refractivity (Wildman–Crippen MR) is 85.5 cm³/mol. The lowest BCUT2D eigenvalue weighted by Gasteiger charge is -2.50. The first-order chi connectivity index (χ1) is 11.6. The fourth-order valence-electron chi connectivity index (χ4n) is 4.83. The SMILES string of the molecule is C[C@@H]1C(=O)C(C#N)C[C@@]2(c3ccc(F)cc3)c3[nH]ncc3CC[C@@H]12. The van der Waals surface area contributed by atoms with Gasteiger partial charge in [-0.2, -0.15) is 10.4 Å². The summed E-state index contributed by atoms with van der Waals surface area (Å²) in [6.07, 6.45) is 4.00. The number of ketones is 1. The van der Waals surface area contributed by atoms with Crippen LogP contribution in [-0.4, -0.2) is 16.0 Å². The van der Waals surface area contributed by atoms with Crippen molar-refractivity contribution in [2.75, 3.05) is 0 Å². The largest absolute Gasteiger partial charge is 0.298 e. The zero-order valence-corrected chi connectivity index (χ0v) is 13.4. The Kier molecular flexibility index (Phi) is 3.31. The molecule has 0 amide bonds. The van der Waals surface area contributed by atoms with Crippen LogP contribution in [0.3, 0.4) is 0 Å². The Balaban J connectivity index is 1.97. The minimum atomic E-state index is -0.643. The second kappa shape index (κ2) is 5.27. The van der Waals surface area contributed by atoms with E-state index in [1.54, 1.807) is 12.1 Å². The van der Waals surface area contributed by atoms with Crippen molar-refractivity contribution >= 4 is 5.78 Å². The molecule has 4 rings (SSSR count). The van der Waals surface area contributed by atoms with Crippen molar-refractivity contribution < 1.29 is 9.18 Å². The highest BCUT2D eigenvalue weighted by Gasteiger charge is 2.56. The summed E-state index contributed by atoms with van der Waals surface area (Å²) in [6, 6.07) is 8.67. The summed E-state index contributed by atoms with van der Waals surface area (Å²) < 4.78 is 13.5. The quantitative estimate of drug-likeness (QED) is 0.876. The molecule has 1 unspecified atom stereocenters. The normalized spacial score (nSPS) is 31.9. The van der Waals surface area contributed by atoms with Gasteiger partial charge in [-0.1, -0.05) is 19.1 Å². The number of nitriles is 1. The summed E-state index contributed by atoms with van der Waals surface area (Å²) in [4.78, 5) is 12.6. The zero-order valence-electron chi connectivity index (χ0n) is 13.4. The number of aromatic amines is 1. The van der Waals surface area contributed by atoms with Crippen molar-refractivity contribution in [2.24, 2.45) is 17.8 Å². The van der Waals surface area contributed by atoms with Gasteiger partial charge in [-0.25, -0.2) is 4.39 Å². The summed E-state index contributed by atoms with van der Waals surface area (Å²) in [5, 5.41) is 16.9. The van der Waals surface area contributed by atoms with Crippen molar-refractivity contribution in [1.29, 1.82) is 5.26 Å². The molecule has 4 atom stereocenters. The molecular formula is C19H18FN3O. The number of benzene rings is 1. The molecule has 0 radical (unpaired) electrons. The zero-order chi connectivity index (χ0) is 16.9. The van der Waals surface area contributed by atoms with E-state index in [-0.39, 0.29) is 23.4 Å². The molecule has 1 heterocycles. The fourth-order valence-corrected chi connectivity index (χ4v) is 4.83. The highest BCUT2D eigenvalue weighted by atomic mass is 19.1. The third-order valence-corrected chi connectivity index (χ3v) is 5.96. The Morgan fingerprint density at radius 2 is 2.12 bits per heavy atom. The number of carbonyl (C=O) groups excluding carboxylic acids is 1. The van der Waals surface area contributed by atoms with Gasteiger partial charge in [0.2, 0.25) is 0 Å². The number of carbonyl (C=O) groups is 1. The van der Waals surface area contributed by atoms with E-state index in [0.29, 0.717) is 6.42 Å². The van der Waals surface area contributed by atoms with Gasteiger partial charge in [0.1, 0.15) is 11.7 Å². The van der Waals surface area contributed by atoms with Crippen molar-refractivity contribution in [3.63, 3.8) is 0 Å². The molecule has 1 aromatic heterocycles. The lowest BCUT2D eigenvalue weighted by atomic mass is 9.51. The molecule has 0 spiro atoms. The maximum atomic E-state index is 13.5. The second-order valence-electron chi connectivity index (χ2n) is 6.97. The van der Waals surface area contributed by atoms with Crippen LogP contribution < -0.4 is 0 Å². The van der Waals surface area contributed by atoms with Gasteiger partial charge in [0.05, 0.1) is 12.3 Å². The van der Waals surface area contributed by atoms with Crippen LogP contribution in [0.5, 0.6) is 0 Å². The number of Topliss-reactive ketones (excluding diaryl/α,β-unsaturated/α-hetero) is 1. The van der Waals surface area contributed by atoms with Crippen LogP contribution in [0.2, 0.25) is 0 Å². The smallest absolute Gasteiger partial charge is 0.153 e. The molecule has 1 aromatic carbocycles. The van der Waals surface area contributed by atoms with E-state index in [0.717, 1.165) is 29.7 Å². The van der Waals surface area contributed by atoms with E-state index in [1.165, 1.54) is 12.1 Å². The van der Waals surface area contributed by atoms with Crippen LogP contribution in [0.1, 0.15) is 36.6 Å². The molecule has 0 aliphatic heterocycles. The number of H-pyrrole nitrogens is 1. The van der Waals surface area contributed by atoms with E-state index in [9.17, 15) is 14.4 Å². The minimum absolute atomic E-state index is 0.0307. The van der Waals surface area contributed by atoms with E-state index in [1.807, 2.05) is 13.1 Å². The van der Waals surface area contributed by atoms with E-state index in [4.69, 9.17) is 0 Å². The number of hydrogen-bond acceptors (Lipinski definition) is 3. The van der Waals surface area contributed by atoms with Crippen LogP contribution in [0, 0.1) is 34.9 Å². The van der Waals surface area contributed by atoms with Crippen molar-refractivity contribution in [1.82, 2.24) is 10.2 Å². The number of hydrogen-bond donors (Lipinski definition) is 1. The number of nitrogens with zero attached hydrogens (tertiary/aromatic N) is 2. The maximum Gasteiger partial charge on any atom is 0.153 e. The molecule has 2 aliphatic carbocycles. The highest BCUT2D eigenvalue weighted by molar-refractivity contribution is 5.87. The standard InChI is InChI=1S/C19H18FN3O/c1-11-16-7-2-12-10-22-23-18(12)19(16,8-13(9-21)17(11)24)14-3-5-15(20)6-4-14/h3-6,10-11,13,16H,2,7-8H2,1H3,(H,22,23)/t11-,13?,16-,19-/m0/s1. The number of aromatic nitrogens is 2. The predicted octanol–water partition coefficient (Wildman–Crippen LogP) is 3.15. The van der Waals surface area contributed by atoms with Crippen LogP contribution in [0.25, 0.3) is 0 Å². The van der Waals surface area contributed by atoms with Gasteiger partial charge in [-0.3, -0.25) is 9.89 Å². The lowest BCUT2D eigenvalue weighted by molar-refractivity contribution is -0.131. The molecule has 2 aromatic rings. The average molecular weight is 323 g/mol. The molecule has 24 heavy (non-hydrogen) atoms. The Labute approximate surface area is 139 Å². The Morgan fingerprint density at radius 1 is 1.38 bits per heavy atom. The summed E-state index contributed by atoms with van der Waals surface area (Å²) in [5.74, 6) is -1.01. The summed E-state index contributed by atoms with van der Waals surface area (Å²) in [5.41, 5.74) is 2.60. The van der Waals surface area contributed by atoms with Gasteiger partial charge in [0.15, 0.2) is 5.78 Å². The molecular weight excluding hydrogens is 305 g/mol. The second-order valence-corrected chi connectivity index (χ2v) is 6.97. The topological polar surface area (TPSA) is 69.5 Å². The van der Waals surface area contributed by atoms with Gasteiger partial charge in [-0.05, 0) is 48.4 Å². The van der Waals surface area contributed by atoms with Gasteiger partial charge >= 0.3 is 0 Å². The number of fused-ring (bicyclic) bond motifs is 3. The Morgan fingerprint density at radius 3 is 2.83 bits per heavy atom. The van der Waals surface area contributed by atoms with Gasteiger partial charge < -0.3 is 0 Å². The molecule has 4 nitrogen and oxygen atoms in total. The van der Waals surface area contributed by atoms with Crippen LogP contribution >= 0.6 is 0 Å². The fraction of sp³-hybridized carbons (Fsp3) is 0.421. The summed E-state index contributed by atoms with van der Waals surface area (Å²) in [6.45, 7) is 1.93. The molecule has 122 valence electrons. The van der Waals surface area contributed by atoms with Gasteiger partial charge in [0, 0.05) is 17.0 Å².